The van der Waals surface area contributed by atoms with Crippen LogP contribution in [0.3, 0.4) is 0 Å². The second-order valence-electron chi connectivity index (χ2n) is 9.71. The molecule has 10 heteroatoms. The molecule has 1 saturated heterocycles. The van der Waals surface area contributed by atoms with Gasteiger partial charge in [-0.05, 0) is 55.4 Å². The van der Waals surface area contributed by atoms with Crippen molar-refractivity contribution in [2.45, 2.75) is 32.0 Å². The molecule has 39 heavy (non-hydrogen) atoms. The van der Waals surface area contributed by atoms with Gasteiger partial charge in [0, 0.05) is 31.5 Å². The van der Waals surface area contributed by atoms with E-state index < -0.39 is 5.54 Å². The number of rotatable bonds is 10. The summed E-state index contributed by atoms with van der Waals surface area (Å²) < 4.78 is 10.7. The Labute approximate surface area is 234 Å². The summed E-state index contributed by atoms with van der Waals surface area (Å²) >= 11 is 5.56. The van der Waals surface area contributed by atoms with Gasteiger partial charge in [0.1, 0.15) is 17.0 Å². The van der Waals surface area contributed by atoms with Gasteiger partial charge in [-0.3, -0.25) is 14.6 Å². The summed E-state index contributed by atoms with van der Waals surface area (Å²) in [5.74, 6) is 0.441. The standard InChI is InChI=1S/C29H33N5O4S/c1-29(2,27(36)31-23-13-12-22(37-3)15-25(23)38-4)34(17-20-9-8-14-30-16-20)26(35)19-33-18-24(32-28(33)39)21-10-6-5-7-11-21/h5-16,24H,17-19H2,1-4H3,(H,31,36)(H,32,39)/t24-/m1/s1. The van der Waals surface area contributed by atoms with E-state index in [1.165, 1.54) is 7.11 Å². The van der Waals surface area contributed by atoms with Gasteiger partial charge in [-0.2, -0.15) is 0 Å². The fourth-order valence-electron chi connectivity index (χ4n) is 4.42. The molecule has 0 radical (unpaired) electrons. The van der Waals surface area contributed by atoms with Gasteiger partial charge in [0.05, 0.1) is 32.5 Å². The molecule has 0 saturated carbocycles. The summed E-state index contributed by atoms with van der Waals surface area (Å²) in [5, 5.41) is 6.73. The van der Waals surface area contributed by atoms with Gasteiger partial charge >= 0.3 is 0 Å². The fraction of sp³-hybridized carbons (Fsp3) is 0.310. The van der Waals surface area contributed by atoms with Crippen LogP contribution in [0.5, 0.6) is 11.5 Å². The van der Waals surface area contributed by atoms with Crippen molar-refractivity contribution in [3.05, 3.63) is 84.2 Å². The summed E-state index contributed by atoms with van der Waals surface area (Å²) in [6, 6.07) is 18.8. The Bertz CT molecular complexity index is 1320. The number of amides is 2. The molecule has 0 spiro atoms. The summed E-state index contributed by atoms with van der Waals surface area (Å²) in [4.78, 5) is 35.1. The summed E-state index contributed by atoms with van der Waals surface area (Å²) in [6.45, 7) is 4.21. The predicted molar refractivity (Wildman–Crippen MR) is 154 cm³/mol. The highest BCUT2D eigenvalue weighted by Crippen LogP contribution is 2.31. The molecule has 2 amide bonds. The third-order valence-electron chi connectivity index (χ3n) is 6.77. The van der Waals surface area contributed by atoms with Crippen molar-refractivity contribution in [3.8, 4) is 11.5 Å². The zero-order valence-corrected chi connectivity index (χ0v) is 23.3. The number of benzene rings is 2. The van der Waals surface area contributed by atoms with Crippen molar-refractivity contribution < 1.29 is 19.1 Å². The van der Waals surface area contributed by atoms with E-state index in [-0.39, 0.29) is 30.9 Å². The van der Waals surface area contributed by atoms with E-state index in [1.54, 1.807) is 62.5 Å². The molecule has 2 N–H and O–H groups in total. The van der Waals surface area contributed by atoms with Gasteiger partial charge in [-0.1, -0.05) is 36.4 Å². The molecular weight excluding hydrogens is 514 g/mol. The number of pyridine rings is 1. The lowest BCUT2D eigenvalue weighted by Gasteiger charge is -2.38. The smallest absolute Gasteiger partial charge is 0.249 e. The maximum absolute atomic E-state index is 13.9. The number of thiocarbonyl (C=S) groups is 1. The Balaban J connectivity index is 1.56. The fourth-order valence-corrected chi connectivity index (χ4v) is 4.70. The number of methoxy groups -OCH3 is 2. The second kappa shape index (κ2) is 12.1. The maximum atomic E-state index is 13.9. The number of nitrogens with one attached hydrogen (secondary N) is 2. The molecule has 4 rings (SSSR count). The highest BCUT2D eigenvalue weighted by molar-refractivity contribution is 7.80. The zero-order valence-electron chi connectivity index (χ0n) is 22.5. The van der Waals surface area contributed by atoms with Crippen molar-refractivity contribution in [1.29, 1.82) is 0 Å². The highest BCUT2D eigenvalue weighted by atomic mass is 32.1. The lowest BCUT2D eigenvalue weighted by molar-refractivity contribution is -0.144. The molecule has 9 nitrogen and oxygen atoms in total. The molecule has 3 aromatic rings. The molecule has 0 unspecified atom stereocenters. The molecular formula is C29H33N5O4S. The van der Waals surface area contributed by atoms with Crippen LogP contribution in [0.4, 0.5) is 5.69 Å². The molecule has 1 aliphatic heterocycles. The Morgan fingerprint density at radius 2 is 1.90 bits per heavy atom. The highest BCUT2D eigenvalue weighted by Gasteiger charge is 2.40. The van der Waals surface area contributed by atoms with Crippen molar-refractivity contribution in [1.82, 2.24) is 20.1 Å². The van der Waals surface area contributed by atoms with E-state index in [1.807, 2.05) is 41.3 Å². The minimum absolute atomic E-state index is 0.0166. The minimum Gasteiger partial charge on any atom is -0.497 e. The zero-order chi connectivity index (χ0) is 28.0. The van der Waals surface area contributed by atoms with E-state index in [2.05, 4.69) is 15.6 Å². The first kappa shape index (κ1) is 27.8. The molecule has 1 fully saturated rings. The van der Waals surface area contributed by atoms with Gasteiger partial charge in [0.25, 0.3) is 0 Å². The first-order valence-corrected chi connectivity index (χ1v) is 13.0. The normalized spacial score (nSPS) is 14.9. The summed E-state index contributed by atoms with van der Waals surface area (Å²) in [7, 11) is 3.07. The van der Waals surface area contributed by atoms with Gasteiger partial charge in [-0.25, -0.2) is 0 Å². The van der Waals surface area contributed by atoms with Crippen LogP contribution in [-0.4, -0.2) is 64.6 Å². The van der Waals surface area contributed by atoms with Crippen molar-refractivity contribution in [2.24, 2.45) is 0 Å². The van der Waals surface area contributed by atoms with Crippen LogP contribution in [0.25, 0.3) is 0 Å². The number of ether oxygens (including phenoxy) is 2. The predicted octanol–water partition coefficient (Wildman–Crippen LogP) is 3.78. The average molecular weight is 548 g/mol. The number of aromatic nitrogens is 1. The van der Waals surface area contributed by atoms with E-state index in [9.17, 15) is 9.59 Å². The van der Waals surface area contributed by atoms with Gasteiger partial charge < -0.3 is 29.9 Å². The third-order valence-corrected chi connectivity index (χ3v) is 7.14. The Hall–Kier alpha value is -4.18. The topological polar surface area (TPSA) is 96.0 Å². The van der Waals surface area contributed by atoms with Crippen LogP contribution in [0.1, 0.15) is 31.0 Å². The number of hydrogen-bond acceptors (Lipinski definition) is 6. The average Bonchev–Trinajstić information content (AvgIpc) is 3.32. The maximum Gasteiger partial charge on any atom is 0.249 e. The Morgan fingerprint density at radius 1 is 1.13 bits per heavy atom. The van der Waals surface area contributed by atoms with Crippen LogP contribution >= 0.6 is 12.2 Å². The number of nitrogens with zero attached hydrogens (tertiary/aromatic N) is 3. The Morgan fingerprint density at radius 3 is 2.56 bits per heavy atom. The lowest BCUT2D eigenvalue weighted by Crippen LogP contribution is -2.57. The molecule has 2 aromatic carbocycles. The molecule has 204 valence electrons. The van der Waals surface area contributed by atoms with Gasteiger partial charge in [-0.15, -0.1) is 0 Å². The minimum atomic E-state index is -1.23. The van der Waals surface area contributed by atoms with Crippen molar-refractivity contribution >= 4 is 34.8 Å². The quantitative estimate of drug-likeness (QED) is 0.371. The van der Waals surface area contributed by atoms with Crippen LogP contribution in [-0.2, 0) is 16.1 Å². The number of hydrogen-bond donors (Lipinski definition) is 2. The first-order valence-electron chi connectivity index (χ1n) is 12.6. The van der Waals surface area contributed by atoms with Gasteiger partial charge in [0.15, 0.2) is 5.11 Å². The number of carbonyl (C=O) groups is 2. The molecule has 1 atom stereocenters. The van der Waals surface area contributed by atoms with E-state index in [4.69, 9.17) is 21.7 Å². The second-order valence-corrected chi connectivity index (χ2v) is 10.1. The molecule has 2 heterocycles. The summed E-state index contributed by atoms with van der Waals surface area (Å²) in [6.07, 6.45) is 3.36. The summed E-state index contributed by atoms with van der Waals surface area (Å²) in [5.41, 5.74) is 1.14. The van der Waals surface area contributed by atoms with Gasteiger partial charge in [0.2, 0.25) is 11.8 Å². The number of carbonyl (C=O) groups excluding carboxylic acids is 2. The first-order chi connectivity index (χ1) is 18.7. The number of anilines is 1. The van der Waals surface area contributed by atoms with Crippen LogP contribution in [0, 0.1) is 0 Å². The SMILES string of the molecule is COc1ccc(NC(=O)C(C)(C)N(Cc2cccnc2)C(=O)CN2C[C@H](c3ccccc3)NC2=S)c(OC)c1. The molecule has 1 aliphatic rings. The monoisotopic (exact) mass is 547 g/mol. The Kier molecular flexibility index (Phi) is 8.65. The van der Waals surface area contributed by atoms with Crippen molar-refractivity contribution in [2.75, 3.05) is 32.6 Å². The molecule has 0 bridgehead atoms. The van der Waals surface area contributed by atoms with E-state index in [0.717, 1.165) is 11.1 Å². The third kappa shape index (κ3) is 6.46. The van der Waals surface area contributed by atoms with Crippen LogP contribution < -0.4 is 20.1 Å². The largest absolute Gasteiger partial charge is 0.497 e. The van der Waals surface area contributed by atoms with E-state index >= 15 is 0 Å². The molecule has 0 aliphatic carbocycles. The van der Waals surface area contributed by atoms with Crippen molar-refractivity contribution in [3.63, 3.8) is 0 Å². The molecule has 1 aromatic heterocycles. The lowest BCUT2D eigenvalue weighted by atomic mass is 9.99. The van der Waals surface area contributed by atoms with Crippen LogP contribution in [0.15, 0.2) is 73.1 Å². The van der Waals surface area contributed by atoms with Crippen LogP contribution in [0.2, 0.25) is 0 Å². The van der Waals surface area contributed by atoms with E-state index in [0.29, 0.717) is 28.8 Å².